The van der Waals surface area contributed by atoms with E-state index in [1.165, 1.54) is 12.8 Å². The molecule has 0 unspecified atom stereocenters. The number of amides is 1. The first-order valence-corrected chi connectivity index (χ1v) is 11.9. The third-order valence-electron chi connectivity index (χ3n) is 6.83. The average molecular weight is 449 g/mol. The lowest BCUT2D eigenvalue weighted by Gasteiger charge is -2.33. The number of H-pyrrole nitrogens is 1. The Bertz CT molecular complexity index is 1110. The van der Waals surface area contributed by atoms with Gasteiger partial charge in [0.2, 0.25) is 5.91 Å². The fourth-order valence-electron chi connectivity index (χ4n) is 4.99. The maximum atomic E-state index is 12.8. The van der Waals surface area contributed by atoms with Crippen LogP contribution >= 0.6 is 0 Å². The molecule has 174 valence electrons. The third-order valence-corrected chi connectivity index (χ3v) is 6.83. The number of carbonyl (C=O) groups excluding carboxylic acids is 1. The Labute approximate surface area is 194 Å². The van der Waals surface area contributed by atoms with Crippen LogP contribution < -0.4 is 10.1 Å². The Balaban J connectivity index is 1.25. The van der Waals surface area contributed by atoms with Crippen molar-refractivity contribution in [2.75, 3.05) is 45.2 Å². The molecule has 2 aliphatic heterocycles. The summed E-state index contributed by atoms with van der Waals surface area (Å²) < 4.78 is 5.44. The predicted molar refractivity (Wildman–Crippen MR) is 128 cm³/mol. The fraction of sp³-hybridized carbons (Fsp3) is 0.480. The topological polar surface area (TPSA) is 86.4 Å². The van der Waals surface area contributed by atoms with E-state index in [2.05, 4.69) is 32.5 Å². The van der Waals surface area contributed by atoms with E-state index < -0.39 is 0 Å². The monoisotopic (exact) mass is 448 g/mol. The molecule has 1 amide bonds. The highest BCUT2D eigenvalue weighted by atomic mass is 16.5. The zero-order valence-electron chi connectivity index (χ0n) is 19.2. The minimum atomic E-state index is 0.257. The van der Waals surface area contributed by atoms with Crippen molar-refractivity contribution in [3.05, 3.63) is 47.7 Å². The molecule has 0 radical (unpaired) electrons. The Morgan fingerprint density at radius 3 is 2.85 bits per heavy atom. The van der Waals surface area contributed by atoms with Gasteiger partial charge in [0.15, 0.2) is 11.5 Å². The van der Waals surface area contributed by atoms with Gasteiger partial charge in [-0.3, -0.25) is 14.8 Å². The third kappa shape index (κ3) is 4.80. The summed E-state index contributed by atoms with van der Waals surface area (Å²) in [6, 6.07) is 12.1. The van der Waals surface area contributed by atoms with Crippen molar-refractivity contribution < 1.29 is 9.53 Å². The zero-order chi connectivity index (χ0) is 22.6. The number of likely N-dealkylation sites (tertiary alicyclic amines) is 2. The van der Waals surface area contributed by atoms with E-state index in [1.54, 1.807) is 7.11 Å². The lowest BCUT2D eigenvalue weighted by atomic mass is 9.94. The Kier molecular flexibility index (Phi) is 6.44. The first kappa shape index (κ1) is 21.7. The highest BCUT2D eigenvalue weighted by molar-refractivity contribution is 5.87. The molecule has 0 aliphatic carbocycles. The van der Waals surface area contributed by atoms with Crippen LogP contribution in [-0.4, -0.2) is 70.7 Å². The quantitative estimate of drug-likeness (QED) is 0.576. The number of ether oxygens (including phenoxy) is 1. The predicted octanol–water partition coefficient (Wildman–Crippen LogP) is 3.38. The molecule has 0 bridgehead atoms. The molecule has 3 aromatic rings. The summed E-state index contributed by atoms with van der Waals surface area (Å²) in [5.41, 5.74) is 2.87. The van der Waals surface area contributed by atoms with Crippen LogP contribution in [0.2, 0.25) is 0 Å². The Morgan fingerprint density at radius 1 is 1.15 bits per heavy atom. The molecule has 2 saturated heterocycles. The molecule has 2 aliphatic rings. The van der Waals surface area contributed by atoms with Crippen LogP contribution in [-0.2, 0) is 11.3 Å². The summed E-state index contributed by atoms with van der Waals surface area (Å²) in [7, 11) is 1.68. The largest absolute Gasteiger partial charge is 0.496 e. The van der Waals surface area contributed by atoms with Crippen LogP contribution in [0.5, 0.6) is 5.75 Å². The number of fused-ring (bicyclic) bond motifs is 1. The molecule has 2 fully saturated rings. The molecule has 0 spiro atoms. The van der Waals surface area contributed by atoms with Gasteiger partial charge in [0.1, 0.15) is 5.75 Å². The standard InChI is InChI=1S/C25H32N6O2/c1-33-22-9-3-2-7-18(22)15-26-24-20-10-11-21(27-25(20)29-28-24)19-8-6-14-31(16-19)23(32)17-30-12-4-5-13-30/h2-3,7,9-11,19H,4-6,8,12-17H2,1H3,(H2,26,27,28,29)/t19-/m1/s1. The highest BCUT2D eigenvalue weighted by Gasteiger charge is 2.27. The summed E-state index contributed by atoms with van der Waals surface area (Å²) >= 11 is 0. The van der Waals surface area contributed by atoms with Crippen molar-refractivity contribution in [2.24, 2.45) is 0 Å². The van der Waals surface area contributed by atoms with E-state index in [4.69, 9.17) is 9.72 Å². The first-order chi connectivity index (χ1) is 16.2. The van der Waals surface area contributed by atoms with Crippen LogP contribution in [0.15, 0.2) is 36.4 Å². The highest BCUT2D eigenvalue weighted by Crippen LogP contribution is 2.29. The fourth-order valence-corrected chi connectivity index (χ4v) is 4.99. The molecule has 33 heavy (non-hydrogen) atoms. The van der Waals surface area contributed by atoms with Crippen molar-refractivity contribution in [3.63, 3.8) is 0 Å². The number of hydrogen-bond donors (Lipinski definition) is 2. The maximum absolute atomic E-state index is 12.8. The van der Waals surface area contributed by atoms with Crippen LogP contribution in [0.25, 0.3) is 11.0 Å². The number of aromatic nitrogens is 3. The molecule has 2 aromatic heterocycles. The van der Waals surface area contributed by atoms with Crippen molar-refractivity contribution in [1.82, 2.24) is 25.0 Å². The number of pyridine rings is 1. The van der Waals surface area contributed by atoms with Gasteiger partial charge in [0, 0.05) is 36.8 Å². The number of carbonyl (C=O) groups is 1. The molecule has 4 heterocycles. The van der Waals surface area contributed by atoms with Gasteiger partial charge in [0.05, 0.1) is 19.0 Å². The van der Waals surface area contributed by atoms with E-state index in [9.17, 15) is 4.79 Å². The lowest BCUT2D eigenvalue weighted by Crippen LogP contribution is -2.44. The normalized spacial score (nSPS) is 19.2. The number of nitrogens with zero attached hydrogens (tertiary/aromatic N) is 4. The number of para-hydroxylation sites is 1. The smallest absolute Gasteiger partial charge is 0.236 e. The van der Waals surface area contributed by atoms with E-state index >= 15 is 0 Å². The van der Waals surface area contributed by atoms with E-state index in [1.807, 2.05) is 29.2 Å². The maximum Gasteiger partial charge on any atom is 0.236 e. The van der Waals surface area contributed by atoms with Gasteiger partial charge in [-0.1, -0.05) is 18.2 Å². The summed E-state index contributed by atoms with van der Waals surface area (Å²) in [4.78, 5) is 22.0. The average Bonchev–Trinajstić information content (AvgIpc) is 3.52. The van der Waals surface area contributed by atoms with Gasteiger partial charge in [-0.25, -0.2) is 4.98 Å². The molecular weight excluding hydrogens is 416 g/mol. The van der Waals surface area contributed by atoms with Gasteiger partial charge < -0.3 is 15.0 Å². The van der Waals surface area contributed by atoms with E-state index in [-0.39, 0.29) is 11.8 Å². The van der Waals surface area contributed by atoms with Crippen molar-refractivity contribution in [2.45, 2.75) is 38.1 Å². The number of anilines is 1. The second-order valence-electron chi connectivity index (χ2n) is 9.03. The minimum absolute atomic E-state index is 0.257. The number of nitrogens with one attached hydrogen (secondary N) is 2. The van der Waals surface area contributed by atoms with Crippen LogP contribution in [0, 0.1) is 0 Å². The summed E-state index contributed by atoms with van der Waals surface area (Å²) in [5, 5.41) is 11.9. The number of aromatic amines is 1. The van der Waals surface area contributed by atoms with Crippen LogP contribution in [0.3, 0.4) is 0 Å². The summed E-state index contributed by atoms with van der Waals surface area (Å²) in [6.45, 7) is 4.87. The van der Waals surface area contributed by atoms with Crippen molar-refractivity contribution in [1.29, 1.82) is 0 Å². The second kappa shape index (κ2) is 9.79. The number of piperidine rings is 1. The SMILES string of the molecule is COc1ccccc1CNc1n[nH]c2nc([C@@H]3CCCN(C(=O)CN4CCCC4)C3)ccc12. The van der Waals surface area contributed by atoms with Crippen LogP contribution in [0.4, 0.5) is 5.82 Å². The molecular formula is C25H32N6O2. The van der Waals surface area contributed by atoms with Crippen LogP contribution in [0.1, 0.15) is 42.9 Å². The molecule has 8 heteroatoms. The van der Waals surface area contributed by atoms with Crippen molar-refractivity contribution >= 4 is 22.8 Å². The molecule has 1 atom stereocenters. The second-order valence-corrected chi connectivity index (χ2v) is 9.03. The van der Waals surface area contributed by atoms with Gasteiger partial charge in [-0.05, 0) is 57.0 Å². The number of benzene rings is 1. The summed E-state index contributed by atoms with van der Waals surface area (Å²) in [5.74, 6) is 2.15. The van der Waals surface area contributed by atoms with Gasteiger partial charge in [-0.15, -0.1) is 0 Å². The van der Waals surface area contributed by atoms with Gasteiger partial charge >= 0.3 is 0 Å². The molecule has 2 N–H and O–H groups in total. The van der Waals surface area contributed by atoms with Crippen molar-refractivity contribution in [3.8, 4) is 5.75 Å². The number of hydrogen-bond acceptors (Lipinski definition) is 6. The minimum Gasteiger partial charge on any atom is -0.496 e. The number of rotatable bonds is 7. The summed E-state index contributed by atoms with van der Waals surface area (Å²) in [6.07, 6.45) is 4.49. The van der Waals surface area contributed by atoms with Gasteiger partial charge in [0.25, 0.3) is 0 Å². The van der Waals surface area contributed by atoms with Gasteiger partial charge in [-0.2, -0.15) is 5.10 Å². The molecule has 1 aromatic carbocycles. The molecule has 0 saturated carbocycles. The Morgan fingerprint density at radius 2 is 2.00 bits per heavy atom. The number of methoxy groups -OCH3 is 1. The van der Waals surface area contributed by atoms with E-state index in [0.29, 0.717) is 13.1 Å². The zero-order valence-corrected chi connectivity index (χ0v) is 19.2. The molecule has 5 rings (SSSR count). The van der Waals surface area contributed by atoms with E-state index in [0.717, 1.165) is 72.9 Å². The first-order valence-electron chi connectivity index (χ1n) is 11.9. The molecule has 8 nitrogen and oxygen atoms in total. The Hall–Kier alpha value is -3.13. The lowest BCUT2D eigenvalue weighted by molar-refractivity contribution is -0.133.